The van der Waals surface area contributed by atoms with Crippen molar-refractivity contribution >= 4 is 22.6 Å². The first-order valence-electron chi connectivity index (χ1n) is 8.95. The summed E-state index contributed by atoms with van der Waals surface area (Å²) in [5.74, 6) is 0.833. The van der Waals surface area contributed by atoms with Gasteiger partial charge in [-0.3, -0.25) is 4.68 Å². The maximum atomic E-state index is 12.2. The Morgan fingerprint density at radius 3 is 2.74 bits per heavy atom. The number of urea groups is 1. The summed E-state index contributed by atoms with van der Waals surface area (Å²) in [6.45, 7) is 7.44. The van der Waals surface area contributed by atoms with Crippen LogP contribution >= 0.6 is 0 Å². The van der Waals surface area contributed by atoms with Gasteiger partial charge in [0, 0.05) is 35.9 Å². The number of hydrogen-bond donors (Lipinski definition) is 2. The molecule has 1 atom stereocenters. The van der Waals surface area contributed by atoms with Crippen LogP contribution in [-0.4, -0.2) is 34.5 Å². The van der Waals surface area contributed by atoms with E-state index in [1.54, 1.807) is 13.2 Å². The Morgan fingerprint density at radius 2 is 2.04 bits per heavy atom. The summed E-state index contributed by atoms with van der Waals surface area (Å²) in [6.07, 6.45) is 0. The van der Waals surface area contributed by atoms with Crippen LogP contribution in [0.5, 0.6) is 5.88 Å². The van der Waals surface area contributed by atoms with E-state index in [1.807, 2.05) is 42.8 Å². The molecule has 1 unspecified atom stereocenters. The molecule has 7 heteroatoms. The average Bonchev–Trinajstić information content (AvgIpc) is 2.96. The van der Waals surface area contributed by atoms with Gasteiger partial charge in [-0.2, -0.15) is 5.10 Å². The van der Waals surface area contributed by atoms with Crippen molar-refractivity contribution in [3.05, 3.63) is 47.8 Å². The molecule has 0 aliphatic heterocycles. The highest BCUT2D eigenvalue weighted by Gasteiger charge is 2.09. The third-order valence-electron chi connectivity index (χ3n) is 4.33. The quantitative estimate of drug-likeness (QED) is 0.698. The molecule has 2 amide bonds. The number of anilines is 1. The number of nitrogens with zero attached hydrogens (tertiary/aromatic N) is 3. The van der Waals surface area contributed by atoms with E-state index < -0.39 is 0 Å². The molecule has 1 aromatic carbocycles. The minimum atomic E-state index is -0.226. The summed E-state index contributed by atoms with van der Waals surface area (Å²) in [5, 5.41) is 11.2. The lowest BCUT2D eigenvalue weighted by Crippen LogP contribution is -2.33. The lowest BCUT2D eigenvalue weighted by atomic mass is 10.2. The van der Waals surface area contributed by atoms with Crippen molar-refractivity contribution in [1.82, 2.24) is 20.1 Å². The first-order valence-corrected chi connectivity index (χ1v) is 8.95. The number of benzene rings is 1. The van der Waals surface area contributed by atoms with Crippen molar-refractivity contribution in [3.8, 4) is 5.88 Å². The number of nitrogens with one attached hydrogen (secondary N) is 2. The molecule has 0 aliphatic carbocycles. The number of fused-ring (bicyclic) bond motifs is 1. The zero-order chi connectivity index (χ0) is 19.4. The summed E-state index contributed by atoms with van der Waals surface area (Å²) in [7, 11) is 1.59. The molecule has 27 heavy (non-hydrogen) atoms. The highest BCUT2D eigenvalue weighted by Crippen LogP contribution is 2.20. The number of methoxy groups -OCH3 is 1. The molecule has 7 nitrogen and oxygen atoms in total. The molecule has 3 rings (SSSR count). The van der Waals surface area contributed by atoms with Crippen LogP contribution in [0.3, 0.4) is 0 Å². The minimum Gasteiger partial charge on any atom is -0.481 e. The van der Waals surface area contributed by atoms with E-state index in [2.05, 4.69) is 33.7 Å². The molecule has 0 aliphatic rings. The fourth-order valence-electron chi connectivity index (χ4n) is 2.96. The van der Waals surface area contributed by atoms with Crippen LogP contribution in [0.1, 0.15) is 18.3 Å². The zero-order valence-corrected chi connectivity index (χ0v) is 16.1. The molecule has 2 heterocycles. The summed E-state index contributed by atoms with van der Waals surface area (Å²) < 4.78 is 7.10. The fourth-order valence-corrected chi connectivity index (χ4v) is 2.96. The SMILES string of the molecule is COc1ccc2cc(NC(=O)NCC(C)Cn3nc(C)cc3C)ccc2n1. The molecule has 142 valence electrons. The van der Waals surface area contributed by atoms with Crippen LogP contribution in [-0.2, 0) is 6.54 Å². The molecule has 3 aromatic rings. The van der Waals surface area contributed by atoms with Crippen molar-refractivity contribution in [2.45, 2.75) is 27.3 Å². The number of aromatic nitrogens is 3. The van der Waals surface area contributed by atoms with Gasteiger partial charge in [-0.1, -0.05) is 6.92 Å². The smallest absolute Gasteiger partial charge is 0.319 e. The molecule has 0 spiro atoms. The predicted octanol–water partition coefficient (Wildman–Crippen LogP) is 3.51. The maximum Gasteiger partial charge on any atom is 0.319 e. The topological polar surface area (TPSA) is 81.1 Å². The van der Waals surface area contributed by atoms with Crippen molar-refractivity contribution in [3.63, 3.8) is 0 Å². The first kappa shape index (κ1) is 18.7. The second-order valence-electron chi connectivity index (χ2n) is 6.81. The fraction of sp³-hybridized carbons (Fsp3) is 0.350. The number of hydrogen-bond acceptors (Lipinski definition) is 4. The van der Waals surface area contributed by atoms with Gasteiger partial charge in [-0.05, 0) is 50.1 Å². The van der Waals surface area contributed by atoms with Crippen LogP contribution in [0, 0.1) is 19.8 Å². The van der Waals surface area contributed by atoms with E-state index >= 15 is 0 Å². The van der Waals surface area contributed by atoms with E-state index in [4.69, 9.17) is 4.74 Å². The minimum absolute atomic E-state index is 0.226. The van der Waals surface area contributed by atoms with Crippen molar-refractivity contribution in [2.75, 3.05) is 19.0 Å². The van der Waals surface area contributed by atoms with Gasteiger partial charge in [-0.15, -0.1) is 0 Å². The molecular weight excluding hydrogens is 342 g/mol. The summed E-state index contributed by atoms with van der Waals surface area (Å²) >= 11 is 0. The molecule has 2 aromatic heterocycles. The molecule has 0 radical (unpaired) electrons. The lowest BCUT2D eigenvalue weighted by Gasteiger charge is -2.14. The van der Waals surface area contributed by atoms with E-state index in [0.29, 0.717) is 12.4 Å². The molecule has 2 N–H and O–H groups in total. The Kier molecular flexibility index (Phi) is 5.59. The van der Waals surface area contributed by atoms with Crippen LogP contribution in [0.4, 0.5) is 10.5 Å². The molecule has 0 saturated heterocycles. The van der Waals surface area contributed by atoms with Gasteiger partial charge < -0.3 is 15.4 Å². The average molecular weight is 367 g/mol. The molecule has 0 saturated carbocycles. The van der Waals surface area contributed by atoms with Crippen LogP contribution in [0.2, 0.25) is 0 Å². The predicted molar refractivity (Wildman–Crippen MR) is 106 cm³/mol. The summed E-state index contributed by atoms with van der Waals surface area (Å²) in [5.41, 5.74) is 3.68. The van der Waals surface area contributed by atoms with Crippen molar-refractivity contribution < 1.29 is 9.53 Å². The summed E-state index contributed by atoms with van der Waals surface area (Å²) in [6, 6.07) is 11.1. The molecular formula is C20H25N5O2. The number of carbonyl (C=O) groups is 1. The van der Waals surface area contributed by atoms with Gasteiger partial charge in [0.1, 0.15) is 0 Å². The highest BCUT2D eigenvalue weighted by molar-refractivity contribution is 5.92. The van der Waals surface area contributed by atoms with Gasteiger partial charge in [0.15, 0.2) is 0 Å². The highest BCUT2D eigenvalue weighted by atomic mass is 16.5. The second-order valence-corrected chi connectivity index (χ2v) is 6.81. The third kappa shape index (κ3) is 4.75. The Morgan fingerprint density at radius 1 is 1.22 bits per heavy atom. The number of pyridine rings is 1. The van der Waals surface area contributed by atoms with E-state index in [-0.39, 0.29) is 11.9 Å². The van der Waals surface area contributed by atoms with E-state index in [0.717, 1.165) is 34.5 Å². The number of carbonyl (C=O) groups excluding carboxylic acids is 1. The Balaban J connectivity index is 1.54. The number of rotatable bonds is 6. The lowest BCUT2D eigenvalue weighted by molar-refractivity contribution is 0.249. The largest absolute Gasteiger partial charge is 0.481 e. The number of amides is 2. The molecule has 0 fully saturated rings. The van der Waals surface area contributed by atoms with Crippen LogP contribution in [0.15, 0.2) is 36.4 Å². The Bertz CT molecular complexity index is 951. The second kappa shape index (κ2) is 8.07. The van der Waals surface area contributed by atoms with Gasteiger partial charge in [0.05, 0.1) is 18.3 Å². The van der Waals surface area contributed by atoms with Gasteiger partial charge in [0.25, 0.3) is 0 Å². The molecule has 0 bridgehead atoms. The normalized spacial score (nSPS) is 12.0. The van der Waals surface area contributed by atoms with Crippen LogP contribution < -0.4 is 15.4 Å². The Hall–Kier alpha value is -3.09. The first-order chi connectivity index (χ1) is 12.9. The van der Waals surface area contributed by atoms with Gasteiger partial charge in [-0.25, -0.2) is 9.78 Å². The zero-order valence-electron chi connectivity index (χ0n) is 16.1. The summed E-state index contributed by atoms with van der Waals surface area (Å²) in [4.78, 5) is 16.6. The van der Waals surface area contributed by atoms with Gasteiger partial charge >= 0.3 is 6.03 Å². The number of aryl methyl sites for hydroxylation is 2. The monoisotopic (exact) mass is 367 g/mol. The van der Waals surface area contributed by atoms with E-state index in [9.17, 15) is 4.79 Å². The Labute approximate surface area is 158 Å². The van der Waals surface area contributed by atoms with Crippen LogP contribution in [0.25, 0.3) is 10.9 Å². The maximum absolute atomic E-state index is 12.2. The van der Waals surface area contributed by atoms with Gasteiger partial charge in [0.2, 0.25) is 5.88 Å². The van der Waals surface area contributed by atoms with E-state index in [1.165, 1.54) is 0 Å². The van der Waals surface area contributed by atoms with Crippen molar-refractivity contribution in [2.24, 2.45) is 5.92 Å². The third-order valence-corrected chi connectivity index (χ3v) is 4.33. The number of ether oxygens (including phenoxy) is 1. The standard InChI is InChI=1S/C20H25N5O2/c1-13(12-25-15(3)9-14(2)24-25)11-21-20(26)22-17-6-7-18-16(10-17)5-8-19(23-18)27-4/h5-10,13H,11-12H2,1-4H3,(H2,21,22,26). The van der Waals surface area contributed by atoms with Crippen molar-refractivity contribution in [1.29, 1.82) is 0 Å².